The number of halogens is 3. The number of nitro groups is 1. The second-order valence-corrected chi connectivity index (χ2v) is 7.12. The van der Waals surface area contributed by atoms with Crippen molar-refractivity contribution in [3.63, 3.8) is 0 Å². The van der Waals surface area contributed by atoms with Crippen LogP contribution in [0.25, 0.3) is 0 Å². The molecule has 0 spiro atoms. The SMILES string of the molecule is C[C@](O)(CSc1ccc(N)cc1)C(=O)Nc1ccc([N+](=O)[O-])c(C(F)(F)F)c1. The Morgan fingerprint density at radius 2 is 1.86 bits per heavy atom. The maximum Gasteiger partial charge on any atom is 0.423 e. The first-order valence-electron chi connectivity index (χ1n) is 7.78. The molecule has 1 amide bonds. The van der Waals surface area contributed by atoms with Gasteiger partial charge in [-0.1, -0.05) is 0 Å². The van der Waals surface area contributed by atoms with E-state index in [9.17, 15) is 33.2 Å². The molecule has 11 heteroatoms. The third-order valence-corrected chi connectivity index (χ3v) is 4.96. The molecule has 2 rings (SSSR count). The Hall–Kier alpha value is -2.79. The molecule has 150 valence electrons. The van der Waals surface area contributed by atoms with E-state index >= 15 is 0 Å². The number of rotatable bonds is 6. The first-order chi connectivity index (χ1) is 12.9. The molecule has 28 heavy (non-hydrogen) atoms. The van der Waals surface area contributed by atoms with E-state index in [1.54, 1.807) is 24.3 Å². The highest BCUT2D eigenvalue weighted by molar-refractivity contribution is 7.99. The van der Waals surface area contributed by atoms with Gasteiger partial charge in [-0.3, -0.25) is 14.9 Å². The van der Waals surface area contributed by atoms with Crippen molar-refractivity contribution >= 4 is 34.7 Å². The van der Waals surface area contributed by atoms with Crippen LogP contribution in [0.2, 0.25) is 0 Å². The van der Waals surface area contributed by atoms with Gasteiger partial charge in [0.05, 0.1) is 4.92 Å². The predicted molar refractivity (Wildman–Crippen MR) is 98.9 cm³/mol. The molecule has 0 aliphatic heterocycles. The summed E-state index contributed by atoms with van der Waals surface area (Å²) in [5, 5.41) is 23.3. The number of benzene rings is 2. The Labute approximate surface area is 161 Å². The number of amides is 1. The van der Waals surface area contributed by atoms with Crippen LogP contribution in [0.3, 0.4) is 0 Å². The molecule has 0 bridgehead atoms. The Morgan fingerprint density at radius 1 is 1.25 bits per heavy atom. The Kier molecular flexibility index (Phi) is 6.20. The van der Waals surface area contributed by atoms with Gasteiger partial charge in [0.25, 0.3) is 11.6 Å². The summed E-state index contributed by atoms with van der Waals surface area (Å²) in [4.78, 5) is 22.6. The van der Waals surface area contributed by atoms with Crippen LogP contribution in [0, 0.1) is 10.1 Å². The third-order valence-electron chi connectivity index (χ3n) is 3.65. The number of alkyl halides is 3. The zero-order valence-corrected chi connectivity index (χ0v) is 15.3. The van der Waals surface area contributed by atoms with Crippen LogP contribution in [-0.2, 0) is 11.0 Å². The van der Waals surface area contributed by atoms with Crippen LogP contribution in [-0.4, -0.2) is 27.3 Å². The van der Waals surface area contributed by atoms with E-state index in [0.717, 1.165) is 22.7 Å². The first-order valence-corrected chi connectivity index (χ1v) is 8.76. The van der Waals surface area contributed by atoms with Crippen LogP contribution in [0.5, 0.6) is 0 Å². The Bertz CT molecular complexity index is 886. The summed E-state index contributed by atoms with van der Waals surface area (Å²) < 4.78 is 39.1. The van der Waals surface area contributed by atoms with E-state index in [1.807, 2.05) is 0 Å². The Morgan fingerprint density at radius 3 is 2.39 bits per heavy atom. The van der Waals surface area contributed by atoms with Gasteiger partial charge in [-0.2, -0.15) is 13.2 Å². The van der Waals surface area contributed by atoms with Crippen molar-refractivity contribution in [3.05, 3.63) is 58.1 Å². The zero-order chi connectivity index (χ0) is 21.1. The quantitative estimate of drug-likeness (QED) is 0.287. The van der Waals surface area contributed by atoms with E-state index in [4.69, 9.17) is 5.73 Å². The summed E-state index contributed by atoms with van der Waals surface area (Å²) in [5.74, 6) is -1.03. The van der Waals surface area contributed by atoms with Crippen molar-refractivity contribution in [2.75, 3.05) is 16.8 Å². The largest absolute Gasteiger partial charge is 0.423 e. The molecule has 0 saturated heterocycles. The van der Waals surface area contributed by atoms with Crippen LogP contribution < -0.4 is 11.1 Å². The predicted octanol–water partition coefficient (Wildman–Crippen LogP) is 3.68. The molecule has 0 unspecified atom stereocenters. The lowest BCUT2D eigenvalue weighted by molar-refractivity contribution is -0.388. The number of hydrogen-bond acceptors (Lipinski definition) is 6. The number of nitrogens with zero attached hydrogens (tertiary/aromatic N) is 1. The number of nitrogens with one attached hydrogen (secondary N) is 1. The summed E-state index contributed by atoms with van der Waals surface area (Å²) in [5.41, 5.74) is 1.27. The van der Waals surface area contributed by atoms with Crippen molar-refractivity contribution in [2.24, 2.45) is 0 Å². The number of anilines is 2. The summed E-state index contributed by atoms with van der Waals surface area (Å²) in [7, 11) is 0. The van der Waals surface area contributed by atoms with Gasteiger partial charge < -0.3 is 16.2 Å². The van der Waals surface area contributed by atoms with Gasteiger partial charge in [-0.15, -0.1) is 11.8 Å². The van der Waals surface area contributed by atoms with Gasteiger partial charge in [-0.25, -0.2) is 0 Å². The molecule has 4 N–H and O–H groups in total. The molecular weight excluding hydrogens is 399 g/mol. The lowest BCUT2D eigenvalue weighted by Gasteiger charge is -2.22. The van der Waals surface area contributed by atoms with E-state index in [0.29, 0.717) is 17.8 Å². The third kappa shape index (κ3) is 5.36. The summed E-state index contributed by atoms with van der Waals surface area (Å²) in [6.07, 6.45) is -4.98. The fourth-order valence-corrected chi connectivity index (χ4v) is 3.03. The van der Waals surface area contributed by atoms with Crippen molar-refractivity contribution < 1.29 is 28.0 Å². The molecule has 0 radical (unpaired) electrons. The second-order valence-electron chi connectivity index (χ2n) is 6.07. The van der Waals surface area contributed by atoms with Gasteiger partial charge in [0.2, 0.25) is 0 Å². The molecule has 2 aromatic carbocycles. The maximum absolute atomic E-state index is 13.0. The summed E-state index contributed by atoms with van der Waals surface area (Å²) in [6.45, 7) is 1.21. The number of carbonyl (C=O) groups is 1. The van der Waals surface area contributed by atoms with Gasteiger partial charge in [-0.05, 0) is 43.3 Å². The van der Waals surface area contributed by atoms with Crippen LogP contribution >= 0.6 is 11.8 Å². The molecule has 2 aromatic rings. The van der Waals surface area contributed by atoms with Gasteiger partial charge in [0.15, 0.2) is 0 Å². The number of hydrogen-bond donors (Lipinski definition) is 3. The van der Waals surface area contributed by atoms with E-state index < -0.39 is 33.9 Å². The standard InChI is InChI=1S/C17H16F3N3O4S/c1-16(25,9-28-12-5-2-10(21)3-6-12)15(24)22-11-4-7-14(23(26)27)13(8-11)17(18,19)20/h2-8,25H,9,21H2,1H3,(H,22,24)/t16-/m0/s1. The molecule has 0 heterocycles. The number of thioether (sulfide) groups is 1. The molecule has 1 atom stereocenters. The zero-order valence-electron chi connectivity index (χ0n) is 14.5. The maximum atomic E-state index is 13.0. The van der Waals surface area contributed by atoms with E-state index in [1.165, 1.54) is 6.92 Å². The van der Waals surface area contributed by atoms with Gasteiger partial charge in [0, 0.05) is 28.1 Å². The van der Waals surface area contributed by atoms with Crippen LogP contribution in [0.4, 0.5) is 30.2 Å². The number of nitrogens with two attached hydrogens (primary N) is 1. The number of carbonyl (C=O) groups excluding carboxylic acids is 1. The highest BCUT2D eigenvalue weighted by Gasteiger charge is 2.39. The van der Waals surface area contributed by atoms with Crippen molar-refractivity contribution in [1.29, 1.82) is 0 Å². The highest BCUT2D eigenvalue weighted by Crippen LogP contribution is 2.37. The van der Waals surface area contributed by atoms with Crippen molar-refractivity contribution in [2.45, 2.75) is 23.6 Å². The topological polar surface area (TPSA) is 118 Å². The molecule has 0 saturated carbocycles. The summed E-state index contributed by atoms with van der Waals surface area (Å²) in [6, 6.07) is 8.75. The molecule has 0 aliphatic rings. The average Bonchev–Trinajstić information content (AvgIpc) is 2.60. The monoisotopic (exact) mass is 415 g/mol. The molecule has 0 aliphatic carbocycles. The van der Waals surface area contributed by atoms with E-state index in [-0.39, 0.29) is 11.4 Å². The minimum atomic E-state index is -4.98. The molecular formula is C17H16F3N3O4S. The van der Waals surface area contributed by atoms with Crippen LogP contribution in [0.1, 0.15) is 12.5 Å². The minimum absolute atomic E-state index is 0.0815. The molecule has 0 fully saturated rings. The van der Waals surface area contributed by atoms with E-state index in [2.05, 4.69) is 5.32 Å². The fraction of sp³-hybridized carbons (Fsp3) is 0.235. The minimum Gasteiger partial charge on any atom is -0.399 e. The van der Waals surface area contributed by atoms with Gasteiger partial charge >= 0.3 is 6.18 Å². The Balaban J connectivity index is 2.14. The average molecular weight is 415 g/mol. The van der Waals surface area contributed by atoms with Crippen molar-refractivity contribution in [3.8, 4) is 0 Å². The normalized spacial score (nSPS) is 13.6. The fourth-order valence-electron chi connectivity index (χ4n) is 2.12. The molecule has 0 aromatic heterocycles. The number of nitro benzene ring substituents is 1. The first kappa shape index (κ1) is 21.5. The summed E-state index contributed by atoms with van der Waals surface area (Å²) >= 11 is 1.15. The van der Waals surface area contributed by atoms with Crippen molar-refractivity contribution in [1.82, 2.24) is 0 Å². The number of aliphatic hydroxyl groups is 1. The highest BCUT2D eigenvalue weighted by atomic mass is 32.2. The van der Waals surface area contributed by atoms with Crippen LogP contribution in [0.15, 0.2) is 47.4 Å². The second kappa shape index (κ2) is 8.07. The van der Waals surface area contributed by atoms with Gasteiger partial charge in [0.1, 0.15) is 11.2 Å². The number of nitrogen functional groups attached to an aromatic ring is 1. The lowest BCUT2D eigenvalue weighted by Crippen LogP contribution is -2.42. The smallest absolute Gasteiger partial charge is 0.399 e. The molecule has 7 nitrogen and oxygen atoms in total. The lowest BCUT2D eigenvalue weighted by atomic mass is 10.1.